The van der Waals surface area contributed by atoms with Gasteiger partial charge in [-0.05, 0) is 37.1 Å². The standard InChI is InChI=1S/C29H34F3N7O4/c30-24-5-9-39(34-24)23(26(31)32)17-25(40)36-10-6-29(42,7-11-36)18-37-19-33-27-22(28(37)41)4-8-38(27)21-3-1-2-20(16-21)35-12-14-43-15-13-35/h1-5,8-9,16,23,26,33,42H,6-7,10-15,17-19H2/t23-/m0/s1. The molecule has 3 aromatic rings. The summed E-state index contributed by atoms with van der Waals surface area (Å²) >= 11 is 0. The smallest absolute Gasteiger partial charge is 0.261 e. The van der Waals surface area contributed by atoms with Gasteiger partial charge in [-0.25, -0.2) is 8.78 Å². The zero-order valence-corrected chi connectivity index (χ0v) is 23.5. The number of likely N-dealkylation sites (tertiary alicyclic amines) is 1. The molecule has 1 atom stereocenters. The van der Waals surface area contributed by atoms with Crippen molar-refractivity contribution in [2.45, 2.75) is 37.3 Å². The molecule has 2 saturated heterocycles. The van der Waals surface area contributed by atoms with E-state index in [0.29, 0.717) is 24.6 Å². The number of aliphatic hydroxyl groups is 1. The van der Waals surface area contributed by atoms with E-state index in [-0.39, 0.29) is 45.1 Å². The molecule has 0 unspecified atom stereocenters. The van der Waals surface area contributed by atoms with Gasteiger partial charge in [-0.15, -0.1) is 5.10 Å². The Morgan fingerprint density at radius 3 is 2.51 bits per heavy atom. The SMILES string of the molecule is O=C(C[C@@H](C(F)F)n1ccc(F)n1)N1CCC(O)(CN2CNc3c(ccn3-c3cccc(N4CCOCC4)c3)C2=O)CC1. The van der Waals surface area contributed by atoms with Crippen LogP contribution in [0.4, 0.5) is 24.7 Å². The van der Waals surface area contributed by atoms with Crippen LogP contribution in [0.2, 0.25) is 0 Å². The van der Waals surface area contributed by atoms with Crippen molar-refractivity contribution in [3.8, 4) is 5.69 Å². The third-order valence-corrected chi connectivity index (χ3v) is 8.45. The summed E-state index contributed by atoms with van der Waals surface area (Å²) in [7, 11) is 0. The number of piperidine rings is 1. The Kier molecular flexibility index (Phi) is 8.05. The second kappa shape index (κ2) is 11.9. The monoisotopic (exact) mass is 601 g/mol. The number of ether oxygens (including phenoxy) is 1. The molecule has 0 aliphatic carbocycles. The quantitative estimate of drug-likeness (QED) is 0.409. The fourth-order valence-corrected chi connectivity index (χ4v) is 5.99. The molecule has 11 nitrogen and oxygen atoms in total. The molecular weight excluding hydrogens is 567 g/mol. The van der Waals surface area contributed by atoms with Crippen LogP contribution < -0.4 is 10.2 Å². The first-order chi connectivity index (χ1) is 20.7. The average molecular weight is 602 g/mol. The molecule has 0 saturated carbocycles. The maximum atomic E-state index is 13.6. The zero-order valence-electron chi connectivity index (χ0n) is 23.5. The molecule has 3 aliphatic heterocycles. The van der Waals surface area contributed by atoms with E-state index >= 15 is 0 Å². The first-order valence-corrected chi connectivity index (χ1v) is 14.4. The van der Waals surface area contributed by atoms with Crippen LogP contribution in [0.15, 0.2) is 48.8 Å². The number of amides is 2. The molecule has 1 aromatic carbocycles. The second-order valence-corrected chi connectivity index (χ2v) is 11.2. The van der Waals surface area contributed by atoms with Crippen LogP contribution >= 0.6 is 0 Å². The van der Waals surface area contributed by atoms with Crippen LogP contribution in [-0.4, -0.2) is 106 Å². The largest absolute Gasteiger partial charge is 0.388 e. The van der Waals surface area contributed by atoms with Crippen LogP contribution in [0.3, 0.4) is 0 Å². The lowest BCUT2D eigenvalue weighted by Crippen LogP contribution is -2.55. The molecule has 0 spiro atoms. The number of rotatable bonds is 8. The van der Waals surface area contributed by atoms with E-state index < -0.39 is 36.3 Å². The number of benzene rings is 1. The molecule has 2 aromatic heterocycles. The fraction of sp³-hybridized carbons (Fsp3) is 0.483. The Bertz CT molecular complexity index is 1460. The number of morpholine rings is 1. The van der Waals surface area contributed by atoms with Crippen molar-refractivity contribution in [2.24, 2.45) is 0 Å². The number of hydrogen-bond acceptors (Lipinski definition) is 7. The van der Waals surface area contributed by atoms with E-state index in [4.69, 9.17) is 4.74 Å². The van der Waals surface area contributed by atoms with Gasteiger partial charge in [0.15, 0.2) is 0 Å². The first kappa shape index (κ1) is 29.1. The predicted octanol–water partition coefficient (Wildman–Crippen LogP) is 2.72. The third-order valence-electron chi connectivity index (χ3n) is 8.45. The van der Waals surface area contributed by atoms with E-state index in [0.717, 1.165) is 41.4 Å². The molecule has 2 N–H and O–H groups in total. The Hall–Kier alpha value is -4.04. The summed E-state index contributed by atoms with van der Waals surface area (Å²) in [5, 5.41) is 18.0. The highest BCUT2D eigenvalue weighted by Crippen LogP contribution is 2.32. The lowest BCUT2D eigenvalue weighted by molar-refractivity contribution is -0.138. The van der Waals surface area contributed by atoms with E-state index in [1.807, 2.05) is 22.9 Å². The Morgan fingerprint density at radius 2 is 1.81 bits per heavy atom. The van der Waals surface area contributed by atoms with Crippen molar-refractivity contribution in [1.82, 2.24) is 24.1 Å². The first-order valence-electron chi connectivity index (χ1n) is 14.4. The van der Waals surface area contributed by atoms with Gasteiger partial charge in [-0.1, -0.05) is 6.07 Å². The number of alkyl halides is 2. The summed E-state index contributed by atoms with van der Waals surface area (Å²) in [5.74, 6) is -0.958. The summed E-state index contributed by atoms with van der Waals surface area (Å²) in [6, 6.07) is 9.24. The lowest BCUT2D eigenvalue weighted by atomic mass is 9.90. The van der Waals surface area contributed by atoms with Gasteiger partial charge in [0.05, 0.1) is 44.0 Å². The second-order valence-electron chi connectivity index (χ2n) is 11.2. The van der Waals surface area contributed by atoms with Crippen molar-refractivity contribution in [3.63, 3.8) is 0 Å². The van der Waals surface area contributed by atoms with E-state index in [2.05, 4.69) is 27.4 Å². The van der Waals surface area contributed by atoms with Crippen molar-refractivity contribution >= 4 is 23.3 Å². The molecule has 2 fully saturated rings. The number of anilines is 2. The molecule has 6 rings (SSSR count). The number of β-amino-alcohol motifs (C(OH)–C–C–N with tert-alkyl or cyclic N) is 1. The van der Waals surface area contributed by atoms with Crippen LogP contribution in [0.1, 0.15) is 35.7 Å². The number of nitrogens with zero attached hydrogens (tertiary/aromatic N) is 6. The number of carbonyl (C=O) groups excluding carboxylic acids is 2. The minimum Gasteiger partial charge on any atom is -0.388 e. The van der Waals surface area contributed by atoms with Crippen molar-refractivity contribution in [2.75, 3.05) is 62.8 Å². The highest BCUT2D eigenvalue weighted by atomic mass is 19.3. The predicted molar refractivity (Wildman–Crippen MR) is 151 cm³/mol. The highest BCUT2D eigenvalue weighted by Gasteiger charge is 2.39. The number of carbonyl (C=O) groups is 2. The molecule has 2 amide bonds. The maximum Gasteiger partial charge on any atom is 0.261 e. The summed E-state index contributed by atoms with van der Waals surface area (Å²) in [5.41, 5.74) is 1.25. The molecule has 230 valence electrons. The molecule has 3 aliphatic rings. The number of fused-ring (bicyclic) bond motifs is 1. The molecule has 5 heterocycles. The summed E-state index contributed by atoms with van der Waals surface area (Å²) in [6.45, 7) is 3.55. The number of halogens is 3. The molecule has 14 heteroatoms. The van der Waals surface area contributed by atoms with E-state index in [9.17, 15) is 27.9 Å². The molecular formula is C29H34F3N7O4. The Morgan fingerprint density at radius 1 is 1.07 bits per heavy atom. The van der Waals surface area contributed by atoms with E-state index in [1.165, 1.54) is 4.90 Å². The van der Waals surface area contributed by atoms with Gasteiger partial charge in [0.1, 0.15) is 11.9 Å². The van der Waals surface area contributed by atoms with Crippen LogP contribution in [-0.2, 0) is 9.53 Å². The van der Waals surface area contributed by atoms with E-state index in [1.54, 1.807) is 11.0 Å². The van der Waals surface area contributed by atoms with Gasteiger partial charge in [0.25, 0.3) is 12.3 Å². The van der Waals surface area contributed by atoms with Gasteiger partial charge in [-0.2, -0.15) is 4.39 Å². The lowest BCUT2D eigenvalue weighted by Gasteiger charge is -2.42. The number of nitrogens with one attached hydrogen (secondary N) is 1. The summed E-state index contributed by atoms with van der Waals surface area (Å²) in [6.07, 6.45) is -0.154. The average Bonchev–Trinajstić information content (AvgIpc) is 3.64. The minimum atomic E-state index is -2.91. The van der Waals surface area contributed by atoms with Gasteiger partial charge >= 0.3 is 0 Å². The molecule has 0 bridgehead atoms. The van der Waals surface area contributed by atoms with Gasteiger partial charge in [-0.3, -0.25) is 14.3 Å². The normalized spacial score (nSPS) is 19.4. The summed E-state index contributed by atoms with van der Waals surface area (Å²) < 4.78 is 48.6. The highest BCUT2D eigenvalue weighted by molar-refractivity contribution is 6.01. The van der Waals surface area contributed by atoms with Crippen molar-refractivity contribution in [1.29, 1.82) is 0 Å². The zero-order chi connectivity index (χ0) is 30.1. The minimum absolute atomic E-state index is 0.0597. The van der Waals surface area contributed by atoms with Gasteiger partial charge < -0.3 is 34.4 Å². The number of hydrogen-bond donors (Lipinski definition) is 2. The maximum absolute atomic E-state index is 13.6. The summed E-state index contributed by atoms with van der Waals surface area (Å²) in [4.78, 5) is 31.5. The van der Waals surface area contributed by atoms with Crippen LogP contribution in [0.25, 0.3) is 5.69 Å². The van der Waals surface area contributed by atoms with Crippen LogP contribution in [0, 0.1) is 5.95 Å². The molecule has 43 heavy (non-hydrogen) atoms. The van der Waals surface area contributed by atoms with Crippen molar-refractivity contribution < 1.29 is 32.6 Å². The van der Waals surface area contributed by atoms with Gasteiger partial charge in [0, 0.05) is 56.0 Å². The van der Waals surface area contributed by atoms with Crippen molar-refractivity contribution in [3.05, 3.63) is 60.3 Å². The van der Waals surface area contributed by atoms with Gasteiger partial charge in [0.2, 0.25) is 11.9 Å². The Labute approximate surface area is 246 Å². The third kappa shape index (κ3) is 6.07. The Balaban J connectivity index is 1.07. The topological polar surface area (TPSA) is 108 Å². The molecule has 0 radical (unpaired) electrons. The fourth-order valence-electron chi connectivity index (χ4n) is 5.99. The van der Waals surface area contributed by atoms with Crippen LogP contribution in [0.5, 0.6) is 0 Å². The number of aromatic nitrogens is 3.